The zero-order valence-corrected chi connectivity index (χ0v) is 15.5. The fourth-order valence-corrected chi connectivity index (χ4v) is 6.74. The topological polar surface area (TPSA) is 94.8 Å². The molecule has 0 bridgehead atoms. The molecule has 0 aliphatic heterocycles. The van der Waals surface area contributed by atoms with Gasteiger partial charge < -0.3 is 15.3 Å². The number of hydrogen-bond acceptors (Lipinski definition) is 5. The van der Waals surface area contributed by atoms with Crippen LogP contribution in [0.1, 0.15) is 52.4 Å². The van der Waals surface area contributed by atoms with Crippen LogP contribution in [0.4, 0.5) is 0 Å². The van der Waals surface area contributed by atoms with Crippen LogP contribution in [0.25, 0.3) is 0 Å². The van der Waals surface area contributed by atoms with Crippen LogP contribution in [0, 0.1) is 28.6 Å². The molecule has 4 aliphatic rings. The Bertz CT molecular complexity index is 737. The molecule has 26 heavy (non-hydrogen) atoms. The van der Waals surface area contributed by atoms with Gasteiger partial charge in [-0.1, -0.05) is 19.9 Å². The molecule has 0 heterocycles. The van der Waals surface area contributed by atoms with Crippen molar-refractivity contribution in [1.82, 2.24) is 0 Å². The van der Waals surface area contributed by atoms with Crippen molar-refractivity contribution in [2.75, 3.05) is 6.61 Å². The molecule has 4 rings (SSSR count). The van der Waals surface area contributed by atoms with Crippen molar-refractivity contribution in [3.63, 3.8) is 0 Å². The highest BCUT2D eigenvalue weighted by atomic mass is 16.3. The van der Waals surface area contributed by atoms with Gasteiger partial charge in [-0.25, -0.2) is 0 Å². The summed E-state index contributed by atoms with van der Waals surface area (Å²) in [6.07, 6.45) is 7.22. The molecule has 0 spiro atoms. The molecule has 5 nitrogen and oxygen atoms in total. The molecule has 2 fully saturated rings. The monoisotopic (exact) mass is 360 g/mol. The third-order valence-corrected chi connectivity index (χ3v) is 8.20. The van der Waals surface area contributed by atoms with E-state index >= 15 is 0 Å². The van der Waals surface area contributed by atoms with E-state index in [-0.39, 0.29) is 35.4 Å². The van der Waals surface area contributed by atoms with Crippen LogP contribution in [-0.4, -0.2) is 39.1 Å². The Hall–Kier alpha value is -1.46. The van der Waals surface area contributed by atoms with E-state index < -0.39 is 23.4 Å². The number of fused-ring (bicyclic) bond motifs is 5. The van der Waals surface area contributed by atoms with Gasteiger partial charge in [-0.2, -0.15) is 0 Å². The van der Waals surface area contributed by atoms with Crippen LogP contribution in [0.15, 0.2) is 23.5 Å². The Labute approximate surface area is 153 Å². The van der Waals surface area contributed by atoms with E-state index in [2.05, 4.69) is 13.0 Å². The summed E-state index contributed by atoms with van der Waals surface area (Å²) < 4.78 is 0. The van der Waals surface area contributed by atoms with Gasteiger partial charge in [0.2, 0.25) is 0 Å². The molecule has 5 heteroatoms. The molecular formula is C21H28O5. The van der Waals surface area contributed by atoms with Gasteiger partial charge in [0.1, 0.15) is 18.0 Å². The van der Waals surface area contributed by atoms with Gasteiger partial charge in [0.25, 0.3) is 0 Å². The van der Waals surface area contributed by atoms with Crippen molar-refractivity contribution in [2.45, 2.75) is 58.0 Å². The fraction of sp³-hybridized carbons (Fsp3) is 0.714. The van der Waals surface area contributed by atoms with Gasteiger partial charge >= 0.3 is 0 Å². The van der Waals surface area contributed by atoms with Crippen LogP contribution >= 0.6 is 0 Å². The molecule has 6 atom stereocenters. The largest absolute Gasteiger partial charge is 0.512 e. The second-order valence-electron chi connectivity index (χ2n) is 9.24. The smallest absolute Gasteiger partial charge is 0.190 e. The third kappa shape index (κ3) is 2.04. The van der Waals surface area contributed by atoms with Crippen LogP contribution in [0.2, 0.25) is 0 Å². The van der Waals surface area contributed by atoms with Gasteiger partial charge in [0.15, 0.2) is 5.78 Å². The number of hydrogen-bond donors (Lipinski definition) is 3. The van der Waals surface area contributed by atoms with Gasteiger partial charge in [0.05, 0.1) is 5.76 Å². The van der Waals surface area contributed by atoms with Crippen molar-refractivity contribution in [2.24, 2.45) is 28.6 Å². The lowest BCUT2D eigenvalue weighted by atomic mass is 9.47. The summed E-state index contributed by atoms with van der Waals surface area (Å²) in [6, 6.07) is 0. The molecular weight excluding hydrogens is 332 g/mol. The Morgan fingerprint density at radius 2 is 2.04 bits per heavy atom. The number of ketones is 2. The molecule has 2 saturated carbocycles. The molecule has 0 saturated heterocycles. The Kier molecular flexibility index (Phi) is 3.81. The van der Waals surface area contributed by atoms with Crippen LogP contribution in [0.3, 0.4) is 0 Å². The lowest BCUT2D eigenvalue weighted by molar-refractivity contribution is -0.168. The third-order valence-electron chi connectivity index (χ3n) is 8.20. The van der Waals surface area contributed by atoms with Gasteiger partial charge in [-0.05, 0) is 49.2 Å². The van der Waals surface area contributed by atoms with E-state index in [1.807, 2.05) is 13.0 Å². The molecule has 0 radical (unpaired) electrons. The molecule has 142 valence electrons. The van der Waals surface area contributed by atoms with Crippen molar-refractivity contribution >= 4 is 11.6 Å². The summed E-state index contributed by atoms with van der Waals surface area (Å²) >= 11 is 0. The standard InChI is InChI=1S/C21H28O5/c1-19-7-5-13(23)9-12(19)3-4-14-15-6-8-21(26,17(25)11-22)20(15,2)10-16(24)18(14)19/h3,9,14-15,18,22-23,26H,4-8,10-11H2,1-2H3/t14-,15-,18+,19-,20-,21-/m0/s1. The summed E-state index contributed by atoms with van der Waals surface area (Å²) in [6.45, 7) is 3.30. The molecule has 0 aromatic heterocycles. The first-order valence-corrected chi connectivity index (χ1v) is 9.67. The number of rotatable bonds is 2. The Morgan fingerprint density at radius 3 is 2.73 bits per heavy atom. The summed E-state index contributed by atoms with van der Waals surface area (Å²) in [4.78, 5) is 25.7. The molecule has 3 N–H and O–H groups in total. The Balaban J connectivity index is 1.77. The number of aliphatic hydroxyl groups excluding tert-OH is 2. The maximum atomic E-state index is 13.3. The highest BCUT2D eigenvalue weighted by Crippen LogP contribution is 2.65. The van der Waals surface area contributed by atoms with E-state index in [9.17, 15) is 24.9 Å². The van der Waals surface area contributed by atoms with Crippen LogP contribution in [0.5, 0.6) is 0 Å². The maximum absolute atomic E-state index is 13.3. The first-order valence-electron chi connectivity index (χ1n) is 9.67. The normalized spacial score (nSPS) is 47.4. The second-order valence-corrected chi connectivity index (χ2v) is 9.24. The summed E-state index contributed by atoms with van der Waals surface area (Å²) in [5, 5.41) is 30.4. The van der Waals surface area contributed by atoms with E-state index in [0.29, 0.717) is 25.0 Å². The first-order chi connectivity index (χ1) is 12.2. The van der Waals surface area contributed by atoms with Gasteiger partial charge in [-0.3, -0.25) is 9.59 Å². The highest BCUT2D eigenvalue weighted by Gasteiger charge is 2.67. The van der Waals surface area contributed by atoms with Crippen molar-refractivity contribution in [1.29, 1.82) is 0 Å². The van der Waals surface area contributed by atoms with E-state index in [4.69, 9.17) is 0 Å². The number of aliphatic hydroxyl groups is 3. The highest BCUT2D eigenvalue weighted by molar-refractivity contribution is 5.92. The average molecular weight is 360 g/mol. The molecule has 4 aliphatic carbocycles. The average Bonchev–Trinajstić information content (AvgIpc) is 2.86. The predicted molar refractivity (Wildman–Crippen MR) is 95.2 cm³/mol. The lowest BCUT2D eigenvalue weighted by Crippen LogP contribution is -2.60. The quantitative estimate of drug-likeness (QED) is 0.703. The Morgan fingerprint density at radius 1 is 1.31 bits per heavy atom. The summed E-state index contributed by atoms with van der Waals surface area (Å²) in [7, 11) is 0. The molecule has 0 aromatic carbocycles. The predicted octanol–water partition coefficient (Wildman–Crippen LogP) is 2.47. The molecule has 0 unspecified atom stereocenters. The van der Waals surface area contributed by atoms with Gasteiger partial charge in [0, 0.05) is 29.6 Å². The maximum Gasteiger partial charge on any atom is 0.190 e. The van der Waals surface area contributed by atoms with Crippen molar-refractivity contribution < 1.29 is 24.9 Å². The second kappa shape index (κ2) is 5.52. The van der Waals surface area contributed by atoms with Crippen molar-refractivity contribution in [3.05, 3.63) is 23.5 Å². The first kappa shape index (κ1) is 17.9. The summed E-state index contributed by atoms with van der Waals surface area (Å²) in [5.74, 6) is -0.00947. The summed E-state index contributed by atoms with van der Waals surface area (Å²) in [5.41, 5.74) is -1.64. The zero-order valence-electron chi connectivity index (χ0n) is 15.5. The van der Waals surface area contributed by atoms with E-state index in [1.165, 1.54) is 0 Å². The minimum atomic E-state index is -1.61. The molecule has 0 amide bonds. The minimum absolute atomic E-state index is 0.0832. The van der Waals surface area contributed by atoms with E-state index in [1.54, 1.807) is 0 Å². The number of Topliss-reactive ketones (excluding diaryl/α,β-unsaturated/α-hetero) is 2. The molecule has 0 aromatic rings. The van der Waals surface area contributed by atoms with E-state index in [0.717, 1.165) is 18.4 Å². The SMILES string of the molecule is C[C@]12CCC(O)=CC1=CC[C@@H]1[C@@H]2C(=O)C[C@@]2(C)[C@H]1CC[C@]2(O)C(=O)CO. The van der Waals surface area contributed by atoms with Crippen molar-refractivity contribution in [3.8, 4) is 0 Å². The minimum Gasteiger partial charge on any atom is -0.512 e. The fourth-order valence-electron chi connectivity index (χ4n) is 6.74. The zero-order chi connectivity index (χ0) is 18.9. The van der Waals surface area contributed by atoms with Gasteiger partial charge in [-0.15, -0.1) is 0 Å². The lowest BCUT2D eigenvalue weighted by Gasteiger charge is -2.56. The number of carbonyl (C=O) groups excluding carboxylic acids is 2. The number of allylic oxidation sites excluding steroid dienone is 4. The van der Waals surface area contributed by atoms with Crippen LogP contribution in [-0.2, 0) is 9.59 Å². The number of carbonyl (C=O) groups is 2. The van der Waals surface area contributed by atoms with Crippen LogP contribution < -0.4 is 0 Å².